The van der Waals surface area contributed by atoms with Gasteiger partial charge in [0.05, 0.1) is 5.92 Å². The SMILES string of the molecule is Cc1cc(N2CC(c3nc(COc4ccccc4F)no3)CC2=O)ccc1F. The van der Waals surface area contributed by atoms with Crippen molar-refractivity contribution < 1.29 is 22.8 Å². The molecule has 28 heavy (non-hydrogen) atoms. The highest BCUT2D eigenvalue weighted by molar-refractivity contribution is 5.96. The van der Waals surface area contributed by atoms with Crippen LogP contribution in [0.5, 0.6) is 5.75 Å². The van der Waals surface area contributed by atoms with E-state index in [1.807, 2.05) is 0 Å². The highest BCUT2D eigenvalue weighted by Gasteiger charge is 2.35. The molecule has 6 nitrogen and oxygen atoms in total. The van der Waals surface area contributed by atoms with Crippen LogP contribution in [0.2, 0.25) is 0 Å². The first-order valence-corrected chi connectivity index (χ1v) is 8.77. The zero-order valence-corrected chi connectivity index (χ0v) is 15.1. The van der Waals surface area contributed by atoms with Crippen molar-refractivity contribution in [2.45, 2.75) is 25.9 Å². The second-order valence-corrected chi connectivity index (χ2v) is 6.61. The van der Waals surface area contributed by atoms with E-state index < -0.39 is 5.82 Å². The summed E-state index contributed by atoms with van der Waals surface area (Å²) in [6.45, 7) is 1.96. The molecular weight excluding hydrogens is 368 g/mol. The third-order valence-corrected chi connectivity index (χ3v) is 4.60. The molecule has 0 spiro atoms. The molecule has 144 valence electrons. The van der Waals surface area contributed by atoms with Crippen LogP contribution in [0.1, 0.15) is 29.6 Å². The quantitative estimate of drug-likeness (QED) is 0.669. The molecule has 1 fully saturated rings. The standard InChI is InChI=1S/C20H17F2N3O3/c1-12-8-14(6-7-15(12)21)25-10-13(9-19(25)26)20-23-18(24-28-20)11-27-17-5-3-2-4-16(17)22/h2-8,13H,9-11H2,1H3. The van der Waals surface area contributed by atoms with Gasteiger partial charge in [-0.25, -0.2) is 8.78 Å². The molecule has 0 radical (unpaired) electrons. The number of aryl methyl sites for hydroxylation is 1. The fourth-order valence-electron chi connectivity index (χ4n) is 3.12. The van der Waals surface area contributed by atoms with Gasteiger partial charge >= 0.3 is 0 Å². The smallest absolute Gasteiger partial charge is 0.232 e. The van der Waals surface area contributed by atoms with Crippen LogP contribution in [0.25, 0.3) is 0 Å². The van der Waals surface area contributed by atoms with Gasteiger partial charge < -0.3 is 14.2 Å². The molecule has 0 saturated carbocycles. The van der Waals surface area contributed by atoms with E-state index in [1.165, 1.54) is 18.2 Å². The van der Waals surface area contributed by atoms with Crippen LogP contribution in [0.15, 0.2) is 47.0 Å². The summed E-state index contributed by atoms with van der Waals surface area (Å²) in [5.74, 6) is -0.474. The van der Waals surface area contributed by atoms with Crippen LogP contribution in [-0.4, -0.2) is 22.6 Å². The summed E-state index contributed by atoms with van der Waals surface area (Å²) in [7, 11) is 0. The Kier molecular flexibility index (Phi) is 4.77. The molecule has 0 bridgehead atoms. The van der Waals surface area contributed by atoms with Gasteiger partial charge in [-0.3, -0.25) is 4.79 Å². The van der Waals surface area contributed by atoms with Gasteiger partial charge in [-0.15, -0.1) is 0 Å². The number of hydrogen-bond donors (Lipinski definition) is 0. The summed E-state index contributed by atoms with van der Waals surface area (Å²) in [6, 6.07) is 10.6. The average molecular weight is 385 g/mol. The third kappa shape index (κ3) is 3.58. The lowest BCUT2D eigenvalue weighted by Crippen LogP contribution is -2.24. The van der Waals surface area contributed by atoms with E-state index in [2.05, 4.69) is 10.1 Å². The lowest BCUT2D eigenvalue weighted by molar-refractivity contribution is -0.117. The Hall–Kier alpha value is -3.29. The maximum atomic E-state index is 13.6. The van der Waals surface area contributed by atoms with Gasteiger partial charge in [-0.2, -0.15) is 4.98 Å². The van der Waals surface area contributed by atoms with Crippen LogP contribution in [0.4, 0.5) is 14.5 Å². The van der Waals surface area contributed by atoms with E-state index in [-0.39, 0.29) is 42.2 Å². The van der Waals surface area contributed by atoms with Gasteiger partial charge in [0, 0.05) is 18.7 Å². The van der Waals surface area contributed by atoms with E-state index in [9.17, 15) is 13.6 Å². The van der Waals surface area contributed by atoms with Crippen molar-refractivity contribution in [3.05, 3.63) is 71.4 Å². The third-order valence-electron chi connectivity index (χ3n) is 4.60. The largest absolute Gasteiger partial charge is 0.482 e. The van der Waals surface area contributed by atoms with Crippen molar-refractivity contribution in [2.75, 3.05) is 11.4 Å². The summed E-state index contributed by atoms with van der Waals surface area (Å²) < 4.78 is 37.7. The minimum Gasteiger partial charge on any atom is -0.482 e. The van der Waals surface area contributed by atoms with Gasteiger partial charge in [0.25, 0.3) is 0 Å². The second kappa shape index (κ2) is 7.38. The summed E-state index contributed by atoms with van der Waals surface area (Å²) in [5.41, 5.74) is 1.10. The molecule has 8 heteroatoms. The Morgan fingerprint density at radius 3 is 2.82 bits per heavy atom. The average Bonchev–Trinajstić information content (AvgIpc) is 3.30. The molecule has 1 unspecified atom stereocenters. The number of aromatic nitrogens is 2. The van der Waals surface area contributed by atoms with E-state index >= 15 is 0 Å². The molecule has 3 aromatic rings. The molecule has 1 saturated heterocycles. The molecule has 2 aromatic carbocycles. The van der Waals surface area contributed by atoms with Crippen molar-refractivity contribution in [3.8, 4) is 5.75 Å². The first kappa shape index (κ1) is 18.1. The molecule has 2 heterocycles. The molecule has 1 atom stereocenters. The number of carbonyl (C=O) groups is 1. The molecule has 0 N–H and O–H groups in total. The van der Waals surface area contributed by atoms with Crippen LogP contribution >= 0.6 is 0 Å². The topological polar surface area (TPSA) is 68.5 Å². The summed E-state index contributed by atoms with van der Waals surface area (Å²) in [5, 5.41) is 3.84. The van der Waals surface area contributed by atoms with E-state index in [0.717, 1.165) is 0 Å². The first-order chi connectivity index (χ1) is 13.5. The van der Waals surface area contributed by atoms with Gasteiger partial charge in [0.2, 0.25) is 17.6 Å². The Bertz CT molecular complexity index is 1020. The highest BCUT2D eigenvalue weighted by Crippen LogP contribution is 2.31. The Morgan fingerprint density at radius 1 is 1.21 bits per heavy atom. The predicted octanol–water partition coefficient (Wildman–Crippen LogP) is 3.76. The Labute approximate surface area is 159 Å². The Morgan fingerprint density at radius 2 is 2.04 bits per heavy atom. The summed E-state index contributed by atoms with van der Waals surface area (Å²) in [4.78, 5) is 18.2. The molecule has 1 aliphatic heterocycles. The van der Waals surface area contributed by atoms with E-state index in [0.29, 0.717) is 23.7 Å². The number of benzene rings is 2. The minimum atomic E-state index is -0.474. The lowest BCUT2D eigenvalue weighted by atomic mass is 10.1. The number of carbonyl (C=O) groups excluding carboxylic acids is 1. The van der Waals surface area contributed by atoms with Crippen molar-refractivity contribution in [1.29, 1.82) is 0 Å². The fourth-order valence-corrected chi connectivity index (χ4v) is 3.12. The number of ether oxygens (including phenoxy) is 1. The van der Waals surface area contributed by atoms with Crippen LogP contribution in [-0.2, 0) is 11.4 Å². The van der Waals surface area contributed by atoms with E-state index in [1.54, 1.807) is 36.1 Å². The maximum Gasteiger partial charge on any atom is 0.232 e. The predicted molar refractivity (Wildman–Crippen MR) is 95.9 cm³/mol. The van der Waals surface area contributed by atoms with E-state index in [4.69, 9.17) is 9.26 Å². The second-order valence-electron chi connectivity index (χ2n) is 6.61. The summed E-state index contributed by atoms with van der Waals surface area (Å²) in [6.07, 6.45) is 0.215. The van der Waals surface area contributed by atoms with Gasteiger partial charge in [0.1, 0.15) is 5.82 Å². The number of nitrogens with zero attached hydrogens (tertiary/aromatic N) is 3. The molecule has 0 aliphatic carbocycles. The molecular formula is C20H17F2N3O3. The minimum absolute atomic E-state index is 0.0496. The first-order valence-electron chi connectivity index (χ1n) is 8.77. The Balaban J connectivity index is 1.43. The maximum absolute atomic E-state index is 13.6. The molecule has 4 rings (SSSR count). The number of anilines is 1. The van der Waals surface area contributed by atoms with Gasteiger partial charge in [-0.1, -0.05) is 17.3 Å². The van der Waals surface area contributed by atoms with Crippen molar-refractivity contribution in [2.24, 2.45) is 0 Å². The highest BCUT2D eigenvalue weighted by atomic mass is 19.1. The van der Waals surface area contributed by atoms with Crippen molar-refractivity contribution >= 4 is 11.6 Å². The molecule has 1 amide bonds. The normalized spacial score (nSPS) is 16.6. The van der Waals surface area contributed by atoms with Gasteiger partial charge in [0.15, 0.2) is 18.2 Å². The number of amides is 1. The summed E-state index contributed by atoms with van der Waals surface area (Å²) >= 11 is 0. The van der Waals surface area contributed by atoms with Crippen molar-refractivity contribution in [1.82, 2.24) is 10.1 Å². The number of halogens is 2. The zero-order valence-electron chi connectivity index (χ0n) is 15.1. The van der Waals surface area contributed by atoms with Crippen LogP contribution in [0, 0.1) is 18.6 Å². The van der Waals surface area contributed by atoms with Crippen molar-refractivity contribution in [3.63, 3.8) is 0 Å². The monoisotopic (exact) mass is 385 g/mol. The number of para-hydroxylation sites is 1. The zero-order chi connectivity index (χ0) is 19.7. The van der Waals surface area contributed by atoms with Crippen LogP contribution < -0.4 is 9.64 Å². The molecule has 1 aromatic heterocycles. The fraction of sp³-hybridized carbons (Fsp3) is 0.250. The molecule has 1 aliphatic rings. The lowest BCUT2D eigenvalue weighted by Gasteiger charge is -2.16. The van der Waals surface area contributed by atoms with Crippen LogP contribution in [0.3, 0.4) is 0 Å². The van der Waals surface area contributed by atoms with Gasteiger partial charge in [-0.05, 0) is 42.8 Å². The number of hydrogen-bond acceptors (Lipinski definition) is 5. The number of rotatable bonds is 5.